The summed E-state index contributed by atoms with van der Waals surface area (Å²) in [5.74, 6) is -2.82. The zero-order valence-corrected chi connectivity index (χ0v) is 14.6. The summed E-state index contributed by atoms with van der Waals surface area (Å²) >= 11 is 0. The molecule has 8 heteroatoms. The largest absolute Gasteiger partial charge is 0.460 e. The zero-order valence-electron chi connectivity index (χ0n) is 14.6. The smallest absolute Gasteiger partial charge is 0.343 e. The van der Waals surface area contributed by atoms with E-state index in [-0.39, 0.29) is 24.7 Å². The van der Waals surface area contributed by atoms with Crippen molar-refractivity contribution in [1.29, 1.82) is 0 Å². The molecule has 1 N–H and O–H groups in total. The molecule has 5 atom stereocenters. The lowest BCUT2D eigenvalue weighted by Crippen LogP contribution is -2.50. The van der Waals surface area contributed by atoms with E-state index in [2.05, 4.69) is 4.90 Å². The van der Waals surface area contributed by atoms with Gasteiger partial charge >= 0.3 is 17.9 Å². The highest BCUT2D eigenvalue weighted by atomic mass is 16.6. The molecule has 2 fully saturated rings. The quantitative estimate of drug-likeness (QED) is 0.421. The molecular formula is C17H23NO7. The van der Waals surface area contributed by atoms with Crippen molar-refractivity contribution in [1.82, 2.24) is 4.90 Å². The Bertz CT molecular complexity index is 630. The summed E-state index contributed by atoms with van der Waals surface area (Å²) in [6.07, 6.45) is 1.45. The predicted octanol–water partition coefficient (Wildman–Crippen LogP) is -0.212. The van der Waals surface area contributed by atoms with Crippen molar-refractivity contribution in [2.75, 3.05) is 19.7 Å². The summed E-state index contributed by atoms with van der Waals surface area (Å²) < 4.78 is 15.6. The molecule has 0 aromatic carbocycles. The second-order valence-corrected chi connectivity index (χ2v) is 6.86. The highest BCUT2D eigenvalue weighted by molar-refractivity contribution is 5.91. The standard InChI is InChI=1S/C17H23NO7/c1-9-15(20)24-10(2)17(9,22)16(21)23-8-12-4-6-18-7-5-13(14(12)18)25-11(3)19/h4,9-10,13-14,22H,5-8H2,1-3H3. The summed E-state index contributed by atoms with van der Waals surface area (Å²) in [4.78, 5) is 37.4. The van der Waals surface area contributed by atoms with E-state index in [0.717, 1.165) is 18.5 Å². The molecule has 138 valence electrons. The van der Waals surface area contributed by atoms with Gasteiger partial charge in [0.15, 0.2) is 0 Å². The van der Waals surface area contributed by atoms with Crippen molar-refractivity contribution in [2.45, 2.75) is 51.0 Å². The number of rotatable bonds is 4. The van der Waals surface area contributed by atoms with E-state index in [1.54, 1.807) is 0 Å². The number of hydrogen-bond donors (Lipinski definition) is 1. The van der Waals surface area contributed by atoms with Crippen LogP contribution in [0.5, 0.6) is 0 Å². The van der Waals surface area contributed by atoms with E-state index in [1.807, 2.05) is 6.08 Å². The van der Waals surface area contributed by atoms with Crippen LogP contribution in [-0.4, -0.2) is 71.5 Å². The predicted molar refractivity (Wildman–Crippen MR) is 84.2 cm³/mol. The van der Waals surface area contributed by atoms with Crippen LogP contribution in [0.3, 0.4) is 0 Å². The van der Waals surface area contributed by atoms with Crippen molar-refractivity contribution >= 4 is 17.9 Å². The third kappa shape index (κ3) is 2.93. The molecule has 0 aromatic rings. The van der Waals surface area contributed by atoms with Gasteiger partial charge in [0.25, 0.3) is 0 Å². The molecule has 0 radical (unpaired) electrons. The minimum Gasteiger partial charge on any atom is -0.460 e. The number of carbonyl (C=O) groups excluding carboxylic acids is 3. The van der Waals surface area contributed by atoms with E-state index in [0.29, 0.717) is 6.54 Å². The van der Waals surface area contributed by atoms with Gasteiger partial charge in [-0.15, -0.1) is 0 Å². The van der Waals surface area contributed by atoms with Gasteiger partial charge in [-0.05, 0) is 25.8 Å². The van der Waals surface area contributed by atoms with Crippen LogP contribution in [-0.2, 0) is 28.6 Å². The Morgan fingerprint density at radius 2 is 2.16 bits per heavy atom. The van der Waals surface area contributed by atoms with Gasteiger partial charge < -0.3 is 19.3 Å². The van der Waals surface area contributed by atoms with Crippen LogP contribution in [0.25, 0.3) is 0 Å². The normalized spacial score (nSPS) is 37.4. The van der Waals surface area contributed by atoms with E-state index in [4.69, 9.17) is 14.2 Å². The first kappa shape index (κ1) is 17.9. The van der Waals surface area contributed by atoms with Crippen molar-refractivity contribution < 1.29 is 33.7 Å². The molecule has 0 amide bonds. The van der Waals surface area contributed by atoms with E-state index in [1.165, 1.54) is 20.8 Å². The molecule has 3 rings (SSSR count). The zero-order chi connectivity index (χ0) is 18.4. The van der Waals surface area contributed by atoms with E-state index in [9.17, 15) is 19.5 Å². The first-order valence-electron chi connectivity index (χ1n) is 8.45. The monoisotopic (exact) mass is 353 g/mol. The Labute approximate surface area is 145 Å². The average molecular weight is 353 g/mol. The molecule has 0 saturated carbocycles. The maximum Gasteiger partial charge on any atom is 0.343 e. The Morgan fingerprint density at radius 3 is 2.76 bits per heavy atom. The van der Waals surface area contributed by atoms with Crippen molar-refractivity contribution in [3.63, 3.8) is 0 Å². The molecule has 0 aromatic heterocycles. The van der Waals surface area contributed by atoms with Gasteiger partial charge in [-0.1, -0.05) is 6.08 Å². The number of cyclic esters (lactones) is 1. The molecular weight excluding hydrogens is 330 g/mol. The van der Waals surface area contributed by atoms with Crippen molar-refractivity contribution in [3.05, 3.63) is 11.6 Å². The third-order valence-corrected chi connectivity index (χ3v) is 5.35. The van der Waals surface area contributed by atoms with Crippen LogP contribution < -0.4 is 0 Å². The Morgan fingerprint density at radius 1 is 1.44 bits per heavy atom. The van der Waals surface area contributed by atoms with Crippen LogP contribution in [0.2, 0.25) is 0 Å². The fourth-order valence-corrected chi connectivity index (χ4v) is 3.84. The number of fused-ring (bicyclic) bond motifs is 1. The highest BCUT2D eigenvalue weighted by Crippen LogP contribution is 2.35. The minimum atomic E-state index is -1.99. The number of carbonyl (C=O) groups is 3. The number of hydrogen-bond acceptors (Lipinski definition) is 8. The van der Waals surface area contributed by atoms with E-state index >= 15 is 0 Å². The van der Waals surface area contributed by atoms with Gasteiger partial charge in [0, 0.05) is 20.0 Å². The third-order valence-electron chi connectivity index (χ3n) is 5.35. The lowest BCUT2D eigenvalue weighted by molar-refractivity contribution is -0.173. The summed E-state index contributed by atoms with van der Waals surface area (Å²) in [7, 11) is 0. The van der Waals surface area contributed by atoms with Gasteiger partial charge in [-0.3, -0.25) is 14.5 Å². The van der Waals surface area contributed by atoms with Crippen LogP contribution in [0, 0.1) is 5.92 Å². The first-order valence-corrected chi connectivity index (χ1v) is 8.45. The molecule has 3 heterocycles. The van der Waals surface area contributed by atoms with Gasteiger partial charge in [-0.2, -0.15) is 0 Å². The Kier molecular flexibility index (Phi) is 4.59. The number of nitrogens with zero attached hydrogens (tertiary/aromatic N) is 1. The summed E-state index contributed by atoms with van der Waals surface area (Å²) in [5, 5.41) is 10.6. The lowest BCUT2D eigenvalue weighted by Gasteiger charge is -2.27. The van der Waals surface area contributed by atoms with Gasteiger partial charge in [0.05, 0.1) is 12.0 Å². The summed E-state index contributed by atoms with van der Waals surface area (Å²) in [5.41, 5.74) is -1.15. The molecule has 3 aliphatic rings. The van der Waals surface area contributed by atoms with Crippen LogP contribution in [0.15, 0.2) is 11.6 Å². The number of ether oxygens (including phenoxy) is 3. The van der Waals surface area contributed by atoms with Crippen LogP contribution in [0.1, 0.15) is 27.2 Å². The van der Waals surface area contributed by atoms with E-state index < -0.39 is 29.6 Å². The first-order chi connectivity index (χ1) is 11.7. The number of aliphatic hydroxyl groups is 1. The fraction of sp³-hybridized carbons (Fsp3) is 0.706. The molecule has 3 aliphatic heterocycles. The summed E-state index contributed by atoms with van der Waals surface area (Å²) in [6.45, 7) is 5.76. The Balaban J connectivity index is 1.64. The molecule has 2 saturated heterocycles. The molecule has 0 spiro atoms. The molecule has 0 bridgehead atoms. The summed E-state index contributed by atoms with van der Waals surface area (Å²) in [6, 6.07) is -0.109. The van der Waals surface area contributed by atoms with Crippen molar-refractivity contribution in [2.24, 2.45) is 5.92 Å². The molecule has 8 nitrogen and oxygen atoms in total. The topological polar surface area (TPSA) is 102 Å². The van der Waals surface area contributed by atoms with Crippen LogP contribution >= 0.6 is 0 Å². The molecule has 25 heavy (non-hydrogen) atoms. The van der Waals surface area contributed by atoms with Gasteiger partial charge in [0.1, 0.15) is 18.8 Å². The SMILES string of the molecule is CC(=O)OC1CCN2CC=C(COC(=O)C3(O)C(C)OC(=O)C3C)C12. The second-order valence-electron chi connectivity index (χ2n) is 6.86. The van der Waals surface area contributed by atoms with Crippen LogP contribution in [0.4, 0.5) is 0 Å². The molecule has 0 aliphatic carbocycles. The number of esters is 3. The Hall–Kier alpha value is -1.93. The fourth-order valence-electron chi connectivity index (χ4n) is 3.84. The maximum atomic E-state index is 12.4. The average Bonchev–Trinajstić information content (AvgIpc) is 3.18. The van der Waals surface area contributed by atoms with Gasteiger partial charge in [-0.25, -0.2) is 4.79 Å². The van der Waals surface area contributed by atoms with Crippen molar-refractivity contribution in [3.8, 4) is 0 Å². The lowest BCUT2D eigenvalue weighted by atomic mass is 9.87. The maximum absolute atomic E-state index is 12.4. The highest BCUT2D eigenvalue weighted by Gasteiger charge is 2.59. The second kappa shape index (κ2) is 6.42. The van der Waals surface area contributed by atoms with Gasteiger partial charge in [0.2, 0.25) is 5.60 Å². The minimum absolute atomic E-state index is 0.0201. The molecule has 5 unspecified atom stereocenters.